The number of carbonyl (C=O) groups excluding carboxylic acids is 1. The SMILES string of the molecule is COc1cccc(-c2cc3c(Cc4ccc(C(=O)N(C)C)cc4)nccc3[nH]2)c1. The summed E-state index contributed by atoms with van der Waals surface area (Å²) in [5.74, 6) is 0.831. The molecule has 5 nitrogen and oxygen atoms in total. The van der Waals surface area contributed by atoms with Gasteiger partial charge in [0, 0.05) is 54.4 Å². The highest BCUT2D eigenvalue weighted by Crippen LogP contribution is 2.28. The van der Waals surface area contributed by atoms with Crippen molar-refractivity contribution in [1.82, 2.24) is 14.9 Å². The van der Waals surface area contributed by atoms with Crippen molar-refractivity contribution in [2.24, 2.45) is 0 Å². The molecule has 1 N–H and O–H groups in total. The van der Waals surface area contributed by atoms with Crippen LogP contribution in [0, 0.1) is 0 Å². The van der Waals surface area contributed by atoms with Crippen LogP contribution >= 0.6 is 0 Å². The van der Waals surface area contributed by atoms with Crippen LogP contribution in [0.4, 0.5) is 0 Å². The van der Waals surface area contributed by atoms with Gasteiger partial charge in [-0.1, -0.05) is 24.3 Å². The van der Waals surface area contributed by atoms with Gasteiger partial charge < -0.3 is 14.6 Å². The summed E-state index contributed by atoms with van der Waals surface area (Å²) in [5, 5.41) is 1.10. The molecule has 4 aromatic rings. The molecule has 0 fully saturated rings. The molecule has 0 aliphatic carbocycles. The first-order valence-corrected chi connectivity index (χ1v) is 9.47. The molecule has 1 amide bonds. The topological polar surface area (TPSA) is 58.2 Å². The first kappa shape index (κ1) is 18.7. The van der Waals surface area contributed by atoms with Gasteiger partial charge in [-0.05, 0) is 42.0 Å². The molecule has 0 spiro atoms. The van der Waals surface area contributed by atoms with Crippen molar-refractivity contribution in [2.45, 2.75) is 6.42 Å². The number of hydrogen-bond donors (Lipinski definition) is 1. The first-order chi connectivity index (χ1) is 14.0. The van der Waals surface area contributed by atoms with Crippen molar-refractivity contribution in [1.29, 1.82) is 0 Å². The molecule has 146 valence electrons. The number of aromatic amines is 1. The lowest BCUT2D eigenvalue weighted by Crippen LogP contribution is -2.21. The highest BCUT2D eigenvalue weighted by molar-refractivity contribution is 5.94. The molecule has 5 heteroatoms. The van der Waals surface area contributed by atoms with Crippen molar-refractivity contribution in [3.63, 3.8) is 0 Å². The average Bonchev–Trinajstić information content (AvgIpc) is 3.19. The second-order valence-electron chi connectivity index (χ2n) is 7.21. The fraction of sp³-hybridized carbons (Fsp3) is 0.167. The molecule has 0 atom stereocenters. The van der Waals surface area contributed by atoms with Crippen LogP contribution in [0.25, 0.3) is 22.2 Å². The van der Waals surface area contributed by atoms with E-state index in [9.17, 15) is 4.79 Å². The number of fused-ring (bicyclic) bond motifs is 1. The van der Waals surface area contributed by atoms with E-state index in [4.69, 9.17) is 4.74 Å². The standard InChI is InChI=1S/C24H23N3O2/c1-27(2)24(28)17-9-7-16(8-10-17)13-23-20-15-22(26-21(20)11-12-25-23)18-5-4-6-19(14-18)29-3/h4-12,14-15,26H,13H2,1-3H3. The Bertz CT molecular complexity index is 1160. The summed E-state index contributed by atoms with van der Waals surface area (Å²) < 4.78 is 5.34. The largest absolute Gasteiger partial charge is 0.497 e. The van der Waals surface area contributed by atoms with Gasteiger partial charge in [0.2, 0.25) is 0 Å². The van der Waals surface area contributed by atoms with E-state index in [0.717, 1.165) is 39.2 Å². The number of aromatic nitrogens is 2. The zero-order valence-electron chi connectivity index (χ0n) is 16.8. The van der Waals surface area contributed by atoms with E-state index in [-0.39, 0.29) is 5.91 Å². The minimum absolute atomic E-state index is 0.00495. The maximum Gasteiger partial charge on any atom is 0.253 e. The number of methoxy groups -OCH3 is 1. The van der Waals surface area contributed by atoms with Crippen molar-refractivity contribution in [2.75, 3.05) is 21.2 Å². The van der Waals surface area contributed by atoms with Gasteiger partial charge in [0.25, 0.3) is 5.91 Å². The molecule has 2 aromatic heterocycles. The van der Waals surface area contributed by atoms with Crippen LogP contribution in [-0.4, -0.2) is 42.0 Å². The monoisotopic (exact) mass is 385 g/mol. The Morgan fingerprint density at radius 3 is 2.59 bits per heavy atom. The van der Waals surface area contributed by atoms with E-state index >= 15 is 0 Å². The van der Waals surface area contributed by atoms with Crippen LogP contribution in [0.2, 0.25) is 0 Å². The summed E-state index contributed by atoms with van der Waals surface area (Å²) in [6.07, 6.45) is 2.52. The minimum Gasteiger partial charge on any atom is -0.497 e. The number of pyridine rings is 1. The van der Waals surface area contributed by atoms with Gasteiger partial charge in [0.05, 0.1) is 12.8 Å². The zero-order chi connectivity index (χ0) is 20.4. The van der Waals surface area contributed by atoms with Crippen LogP contribution in [0.15, 0.2) is 66.9 Å². The molecular formula is C24H23N3O2. The van der Waals surface area contributed by atoms with Crippen molar-refractivity contribution in [3.8, 4) is 17.0 Å². The van der Waals surface area contributed by atoms with Gasteiger partial charge in [-0.2, -0.15) is 0 Å². The number of benzene rings is 2. The van der Waals surface area contributed by atoms with Gasteiger partial charge in [-0.3, -0.25) is 9.78 Å². The lowest BCUT2D eigenvalue weighted by Gasteiger charge is -2.10. The van der Waals surface area contributed by atoms with Crippen molar-refractivity contribution >= 4 is 16.8 Å². The van der Waals surface area contributed by atoms with Crippen molar-refractivity contribution in [3.05, 3.63) is 83.7 Å². The maximum absolute atomic E-state index is 12.1. The molecule has 2 heterocycles. The summed E-state index contributed by atoms with van der Waals surface area (Å²) in [5.41, 5.74) is 5.95. The highest BCUT2D eigenvalue weighted by atomic mass is 16.5. The first-order valence-electron chi connectivity index (χ1n) is 9.47. The Morgan fingerprint density at radius 2 is 1.86 bits per heavy atom. The van der Waals surface area contributed by atoms with Gasteiger partial charge in [0.1, 0.15) is 5.75 Å². The third kappa shape index (κ3) is 3.85. The summed E-state index contributed by atoms with van der Waals surface area (Å²) in [4.78, 5) is 21.7. The Hall–Kier alpha value is -3.60. The summed E-state index contributed by atoms with van der Waals surface area (Å²) in [6.45, 7) is 0. The van der Waals surface area contributed by atoms with Crippen molar-refractivity contribution < 1.29 is 9.53 Å². The Kier molecular flexibility index (Phi) is 5.04. The van der Waals surface area contributed by atoms with E-state index in [1.54, 1.807) is 26.1 Å². The van der Waals surface area contributed by atoms with Crippen LogP contribution in [0.1, 0.15) is 21.6 Å². The van der Waals surface area contributed by atoms with Crippen LogP contribution < -0.4 is 4.74 Å². The third-order valence-corrected chi connectivity index (χ3v) is 4.99. The van der Waals surface area contributed by atoms with Gasteiger partial charge >= 0.3 is 0 Å². The molecule has 4 rings (SSSR count). The van der Waals surface area contributed by atoms with Gasteiger partial charge in [-0.25, -0.2) is 0 Å². The fourth-order valence-corrected chi connectivity index (χ4v) is 3.42. The fourth-order valence-electron chi connectivity index (χ4n) is 3.42. The molecular weight excluding hydrogens is 362 g/mol. The van der Waals surface area contributed by atoms with Crippen LogP contribution in [-0.2, 0) is 6.42 Å². The van der Waals surface area contributed by atoms with E-state index in [1.807, 2.05) is 54.7 Å². The predicted molar refractivity (Wildman–Crippen MR) is 115 cm³/mol. The average molecular weight is 385 g/mol. The summed E-state index contributed by atoms with van der Waals surface area (Å²) >= 11 is 0. The molecule has 0 radical (unpaired) electrons. The number of nitrogens with zero attached hydrogens (tertiary/aromatic N) is 2. The molecule has 0 aliphatic rings. The smallest absolute Gasteiger partial charge is 0.253 e. The number of ether oxygens (including phenoxy) is 1. The Morgan fingerprint density at radius 1 is 1.07 bits per heavy atom. The Labute approximate surface area is 170 Å². The van der Waals surface area contributed by atoms with E-state index in [0.29, 0.717) is 12.0 Å². The molecule has 0 aliphatic heterocycles. The van der Waals surface area contributed by atoms with Crippen LogP contribution in [0.3, 0.4) is 0 Å². The maximum atomic E-state index is 12.1. The quantitative estimate of drug-likeness (QED) is 0.549. The minimum atomic E-state index is 0.00495. The molecule has 0 saturated carbocycles. The lowest BCUT2D eigenvalue weighted by molar-refractivity contribution is 0.0827. The van der Waals surface area contributed by atoms with E-state index in [2.05, 4.69) is 22.1 Å². The number of amides is 1. The number of rotatable bonds is 5. The normalized spacial score (nSPS) is 10.9. The van der Waals surface area contributed by atoms with Gasteiger partial charge in [-0.15, -0.1) is 0 Å². The summed E-state index contributed by atoms with van der Waals surface area (Å²) in [6, 6.07) is 19.8. The molecule has 0 unspecified atom stereocenters. The second-order valence-corrected chi connectivity index (χ2v) is 7.21. The molecule has 2 aromatic carbocycles. The number of hydrogen-bond acceptors (Lipinski definition) is 3. The highest BCUT2D eigenvalue weighted by Gasteiger charge is 2.11. The Balaban J connectivity index is 1.64. The lowest BCUT2D eigenvalue weighted by atomic mass is 10.0. The number of carbonyl (C=O) groups is 1. The van der Waals surface area contributed by atoms with Gasteiger partial charge in [0.15, 0.2) is 0 Å². The number of H-pyrrole nitrogens is 1. The van der Waals surface area contributed by atoms with E-state index in [1.165, 1.54) is 0 Å². The zero-order valence-corrected chi connectivity index (χ0v) is 16.8. The van der Waals surface area contributed by atoms with Crippen LogP contribution in [0.5, 0.6) is 5.75 Å². The second kappa shape index (κ2) is 7.80. The van der Waals surface area contributed by atoms with E-state index < -0.39 is 0 Å². The molecule has 29 heavy (non-hydrogen) atoms. The molecule has 0 saturated heterocycles. The predicted octanol–water partition coefficient (Wildman–Crippen LogP) is 4.53. The summed E-state index contributed by atoms with van der Waals surface area (Å²) in [7, 11) is 5.18. The number of nitrogens with one attached hydrogen (secondary N) is 1. The molecule has 0 bridgehead atoms. The third-order valence-electron chi connectivity index (χ3n) is 4.99.